The van der Waals surface area contributed by atoms with Crippen LogP contribution in [0.1, 0.15) is 24.8 Å². The van der Waals surface area contributed by atoms with Crippen LogP contribution in [0.25, 0.3) is 0 Å². The Kier molecular flexibility index (Phi) is 5.33. The van der Waals surface area contributed by atoms with E-state index in [1.165, 1.54) is 24.5 Å². The second-order valence-electron chi connectivity index (χ2n) is 5.92. The Hall–Kier alpha value is -2.41. The molecule has 0 fully saturated rings. The van der Waals surface area contributed by atoms with Crippen LogP contribution < -0.4 is 10.1 Å². The molecule has 132 valence electrons. The maximum Gasteiger partial charge on any atom is 0.224 e. The first-order valence-electron chi connectivity index (χ1n) is 8.23. The number of nitrogens with zero attached hydrogens (tertiary/aromatic N) is 1. The maximum absolute atomic E-state index is 12.1. The first-order chi connectivity index (χ1) is 12.0. The van der Waals surface area contributed by atoms with E-state index in [1.54, 1.807) is 0 Å². The SMILES string of the molecule is O=C1CCc2cc(OCCCCS(=O)(=O)c3ccncc3)ccc2N1. The molecule has 1 amide bonds. The predicted molar refractivity (Wildman–Crippen MR) is 94.4 cm³/mol. The summed E-state index contributed by atoms with van der Waals surface area (Å²) in [6.07, 6.45) is 5.35. The van der Waals surface area contributed by atoms with Gasteiger partial charge in [-0.1, -0.05) is 0 Å². The summed E-state index contributed by atoms with van der Waals surface area (Å²) < 4.78 is 30.0. The normalized spacial score (nSPS) is 13.8. The molecule has 1 N–H and O–H groups in total. The number of hydrogen-bond donors (Lipinski definition) is 1. The molecule has 7 heteroatoms. The number of anilines is 1. The Morgan fingerprint density at radius 3 is 2.68 bits per heavy atom. The fourth-order valence-electron chi connectivity index (χ4n) is 2.70. The molecule has 0 aliphatic carbocycles. The van der Waals surface area contributed by atoms with Gasteiger partial charge in [0.15, 0.2) is 9.84 Å². The van der Waals surface area contributed by atoms with Crippen LogP contribution in [0.5, 0.6) is 5.75 Å². The van der Waals surface area contributed by atoms with Crippen molar-refractivity contribution >= 4 is 21.4 Å². The van der Waals surface area contributed by atoms with Gasteiger partial charge in [0.05, 0.1) is 17.3 Å². The third-order valence-electron chi connectivity index (χ3n) is 4.06. The highest BCUT2D eigenvalue weighted by atomic mass is 32.2. The summed E-state index contributed by atoms with van der Waals surface area (Å²) in [5.74, 6) is 0.875. The minimum atomic E-state index is -3.26. The predicted octanol–water partition coefficient (Wildman–Crippen LogP) is 2.60. The number of unbranched alkanes of at least 4 members (excludes halogenated alkanes) is 1. The number of aromatic nitrogens is 1. The van der Waals surface area contributed by atoms with Crippen molar-refractivity contribution in [1.82, 2.24) is 4.98 Å². The molecule has 2 heterocycles. The summed E-state index contributed by atoms with van der Waals surface area (Å²) in [7, 11) is -3.26. The Morgan fingerprint density at radius 1 is 1.08 bits per heavy atom. The van der Waals surface area contributed by atoms with Crippen molar-refractivity contribution in [3.63, 3.8) is 0 Å². The largest absolute Gasteiger partial charge is 0.494 e. The van der Waals surface area contributed by atoms with Crippen LogP contribution in [0.3, 0.4) is 0 Å². The van der Waals surface area contributed by atoms with E-state index in [-0.39, 0.29) is 11.7 Å². The fraction of sp³-hybridized carbons (Fsp3) is 0.333. The van der Waals surface area contributed by atoms with Gasteiger partial charge in [0.25, 0.3) is 0 Å². The average molecular weight is 360 g/mol. The molecule has 1 aromatic carbocycles. The van der Waals surface area contributed by atoms with E-state index in [0.29, 0.717) is 37.2 Å². The highest BCUT2D eigenvalue weighted by molar-refractivity contribution is 7.91. The highest BCUT2D eigenvalue weighted by Crippen LogP contribution is 2.26. The van der Waals surface area contributed by atoms with Crippen LogP contribution >= 0.6 is 0 Å². The third kappa shape index (κ3) is 4.57. The van der Waals surface area contributed by atoms with Gasteiger partial charge in [0, 0.05) is 24.5 Å². The van der Waals surface area contributed by atoms with Crippen molar-refractivity contribution in [3.8, 4) is 5.75 Å². The standard InChI is InChI=1S/C18H20N2O4S/c21-18-6-3-14-13-15(4-5-17(14)20-18)24-11-1-2-12-25(22,23)16-7-9-19-10-8-16/h4-5,7-10,13H,1-3,6,11-12H2,(H,20,21). The fourth-order valence-corrected chi connectivity index (χ4v) is 4.05. The molecule has 1 aromatic heterocycles. The van der Waals surface area contributed by atoms with Crippen LogP contribution in [0.2, 0.25) is 0 Å². The summed E-state index contributed by atoms with van der Waals surface area (Å²) in [5, 5.41) is 2.83. The number of carbonyl (C=O) groups is 1. The first kappa shape index (κ1) is 17.4. The molecular formula is C18H20N2O4S. The van der Waals surface area contributed by atoms with Crippen molar-refractivity contribution in [1.29, 1.82) is 0 Å². The molecule has 6 nitrogen and oxygen atoms in total. The first-order valence-corrected chi connectivity index (χ1v) is 9.88. The maximum atomic E-state index is 12.1. The van der Waals surface area contributed by atoms with Gasteiger partial charge < -0.3 is 10.1 Å². The van der Waals surface area contributed by atoms with Gasteiger partial charge in [-0.3, -0.25) is 9.78 Å². The number of sulfone groups is 1. The molecule has 0 spiro atoms. The lowest BCUT2D eigenvalue weighted by atomic mass is 10.0. The van der Waals surface area contributed by atoms with E-state index < -0.39 is 9.84 Å². The highest BCUT2D eigenvalue weighted by Gasteiger charge is 2.15. The van der Waals surface area contributed by atoms with Crippen molar-refractivity contribution in [2.24, 2.45) is 0 Å². The molecule has 0 saturated carbocycles. The Morgan fingerprint density at radius 2 is 1.88 bits per heavy atom. The second-order valence-corrected chi connectivity index (χ2v) is 8.03. The second kappa shape index (κ2) is 7.65. The molecule has 0 saturated heterocycles. The van der Waals surface area contributed by atoms with E-state index in [0.717, 1.165) is 17.0 Å². The zero-order chi connectivity index (χ0) is 17.7. The molecule has 0 radical (unpaired) electrons. The number of ether oxygens (including phenoxy) is 1. The number of carbonyl (C=O) groups excluding carboxylic acids is 1. The molecule has 0 atom stereocenters. The minimum absolute atomic E-state index is 0.0385. The molecule has 3 rings (SSSR count). The van der Waals surface area contributed by atoms with Crippen LogP contribution in [-0.4, -0.2) is 31.7 Å². The van der Waals surface area contributed by atoms with E-state index in [2.05, 4.69) is 10.3 Å². The van der Waals surface area contributed by atoms with E-state index in [4.69, 9.17) is 4.74 Å². The lowest BCUT2D eigenvalue weighted by Gasteiger charge is -2.17. The smallest absolute Gasteiger partial charge is 0.224 e. The van der Waals surface area contributed by atoms with Crippen LogP contribution in [0.15, 0.2) is 47.6 Å². The number of nitrogens with one attached hydrogen (secondary N) is 1. The molecule has 25 heavy (non-hydrogen) atoms. The topological polar surface area (TPSA) is 85.4 Å². The summed E-state index contributed by atoms with van der Waals surface area (Å²) in [6.45, 7) is 0.455. The van der Waals surface area contributed by atoms with Gasteiger partial charge >= 0.3 is 0 Å². The molecule has 1 aliphatic rings. The molecular weight excluding hydrogens is 340 g/mol. The number of hydrogen-bond acceptors (Lipinski definition) is 5. The third-order valence-corrected chi connectivity index (χ3v) is 5.87. The monoisotopic (exact) mass is 360 g/mol. The van der Waals surface area contributed by atoms with E-state index in [1.807, 2.05) is 18.2 Å². The quantitative estimate of drug-likeness (QED) is 0.767. The van der Waals surface area contributed by atoms with Crippen LogP contribution in [-0.2, 0) is 21.1 Å². The van der Waals surface area contributed by atoms with Crippen molar-refractivity contribution in [3.05, 3.63) is 48.3 Å². The van der Waals surface area contributed by atoms with Crippen molar-refractivity contribution < 1.29 is 17.9 Å². The lowest BCUT2D eigenvalue weighted by molar-refractivity contribution is -0.116. The molecule has 0 unspecified atom stereocenters. The number of aryl methyl sites for hydroxylation is 1. The summed E-state index contributed by atoms with van der Waals surface area (Å²) in [5.41, 5.74) is 1.91. The van der Waals surface area contributed by atoms with Gasteiger partial charge in [-0.15, -0.1) is 0 Å². The van der Waals surface area contributed by atoms with Gasteiger partial charge in [-0.25, -0.2) is 8.42 Å². The van der Waals surface area contributed by atoms with Crippen molar-refractivity contribution in [2.75, 3.05) is 17.7 Å². The van der Waals surface area contributed by atoms with E-state index >= 15 is 0 Å². The van der Waals surface area contributed by atoms with Gasteiger partial charge in [0.2, 0.25) is 5.91 Å². The van der Waals surface area contributed by atoms with Crippen LogP contribution in [0, 0.1) is 0 Å². The lowest BCUT2D eigenvalue weighted by Crippen LogP contribution is -2.18. The Balaban J connectivity index is 1.45. The summed E-state index contributed by atoms with van der Waals surface area (Å²) >= 11 is 0. The summed E-state index contributed by atoms with van der Waals surface area (Å²) in [6, 6.07) is 8.62. The number of benzene rings is 1. The van der Waals surface area contributed by atoms with Crippen molar-refractivity contribution in [2.45, 2.75) is 30.6 Å². The van der Waals surface area contributed by atoms with Crippen LogP contribution in [0.4, 0.5) is 5.69 Å². The molecule has 2 aromatic rings. The minimum Gasteiger partial charge on any atom is -0.494 e. The van der Waals surface area contributed by atoms with Gasteiger partial charge in [0.1, 0.15) is 5.75 Å². The number of amides is 1. The zero-order valence-electron chi connectivity index (χ0n) is 13.8. The van der Waals surface area contributed by atoms with E-state index in [9.17, 15) is 13.2 Å². The van der Waals surface area contributed by atoms with Gasteiger partial charge in [-0.2, -0.15) is 0 Å². The number of pyridine rings is 1. The van der Waals surface area contributed by atoms with Gasteiger partial charge in [-0.05, 0) is 55.2 Å². The number of fused-ring (bicyclic) bond motifs is 1. The number of rotatable bonds is 7. The molecule has 0 bridgehead atoms. The Bertz CT molecular complexity index is 851. The summed E-state index contributed by atoms with van der Waals surface area (Å²) in [4.78, 5) is 15.5. The Labute approximate surface area is 147 Å². The molecule has 1 aliphatic heterocycles. The zero-order valence-corrected chi connectivity index (χ0v) is 14.6. The average Bonchev–Trinajstić information content (AvgIpc) is 2.62.